The van der Waals surface area contributed by atoms with Gasteiger partial charge < -0.3 is 5.32 Å². The van der Waals surface area contributed by atoms with Gasteiger partial charge in [0.05, 0.1) is 10.7 Å². The van der Waals surface area contributed by atoms with Crippen molar-refractivity contribution in [3.63, 3.8) is 0 Å². The Morgan fingerprint density at radius 1 is 1.35 bits per heavy atom. The van der Waals surface area contributed by atoms with Crippen molar-refractivity contribution < 1.29 is 4.79 Å². The molecule has 1 atom stereocenters. The molecule has 1 aromatic carbocycles. The van der Waals surface area contributed by atoms with Gasteiger partial charge in [-0.15, -0.1) is 11.3 Å². The summed E-state index contributed by atoms with van der Waals surface area (Å²) in [5, 5.41) is 3.98. The van der Waals surface area contributed by atoms with Crippen LogP contribution in [-0.2, 0) is 6.42 Å². The molecule has 0 saturated heterocycles. The first-order chi connectivity index (χ1) is 9.60. The third-order valence-corrected chi connectivity index (χ3v) is 4.39. The maximum absolute atomic E-state index is 12.2. The molecule has 0 bridgehead atoms. The average Bonchev–Trinajstić information content (AvgIpc) is 2.80. The summed E-state index contributed by atoms with van der Waals surface area (Å²) < 4.78 is 0. The Kier molecular flexibility index (Phi) is 4.90. The molecule has 0 radical (unpaired) electrons. The predicted octanol–water partition coefficient (Wildman–Crippen LogP) is 3.57. The Balaban J connectivity index is 2.11. The Morgan fingerprint density at radius 3 is 2.70 bits per heavy atom. The van der Waals surface area contributed by atoms with Crippen LogP contribution in [0.25, 0.3) is 0 Å². The molecule has 0 spiro atoms. The number of hydrogen-bond acceptors (Lipinski definition) is 3. The van der Waals surface area contributed by atoms with Gasteiger partial charge in [-0.2, -0.15) is 0 Å². The minimum absolute atomic E-state index is 0.00587. The molecule has 1 heterocycles. The van der Waals surface area contributed by atoms with Gasteiger partial charge in [0.2, 0.25) is 0 Å². The van der Waals surface area contributed by atoms with E-state index in [4.69, 9.17) is 0 Å². The van der Waals surface area contributed by atoms with Gasteiger partial charge in [-0.25, -0.2) is 4.98 Å². The van der Waals surface area contributed by atoms with Crippen molar-refractivity contribution >= 4 is 17.2 Å². The largest absolute Gasteiger partial charge is 0.349 e. The summed E-state index contributed by atoms with van der Waals surface area (Å²) in [5.41, 5.74) is 2.04. The first kappa shape index (κ1) is 14.7. The molecule has 1 amide bonds. The second-order valence-corrected chi connectivity index (χ2v) is 6.05. The molecule has 0 fully saturated rings. The predicted molar refractivity (Wildman–Crippen MR) is 83.3 cm³/mol. The highest BCUT2D eigenvalue weighted by atomic mass is 32.1. The van der Waals surface area contributed by atoms with E-state index >= 15 is 0 Å². The van der Waals surface area contributed by atoms with Crippen LogP contribution in [0.2, 0.25) is 0 Å². The van der Waals surface area contributed by atoms with E-state index in [2.05, 4.69) is 29.4 Å². The number of thiazole rings is 1. The van der Waals surface area contributed by atoms with Crippen LogP contribution in [0, 0.1) is 6.92 Å². The molecule has 1 unspecified atom stereocenters. The summed E-state index contributed by atoms with van der Waals surface area (Å²) in [6, 6.07) is 10.4. The lowest BCUT2D eigenvalue weighted by Crippen LogP contribution is -2.31. The van der Waals surface area contributed by atoms with E-state index in [9.17, 15) is 4.79 Å². The molecule has 0 saturated carbocycles. The zero-order chi connectivity index (χ0) is 14.5. The lowest BCUT2D eigenvalue weighted by atomic mass is 10.2. The number of carbonyl (C=O) groups excluding carboxylic acids is 1. The fraction of sp³-hybridized carbons (Fsp3) is 0.375. The molecule has 20 heavy (non-hydrogen) atoms. The molecule has 2 rings (SSSR count). The van der Waals surface area contributed by atoms with E-state index in [0.717, 1.165) is 28.4 Å². The van der Waals surface area contributed by atoms with Gasteiger partial charge in [-0.1, -0.05) is 37.3 Å². The fourth-order valence-corrected chi connectivity index (χ4v) is 2.90. The number of nitrogens with zero attached hydrogens (tertiary/aromatic N) is 1. The van der Waals surface area contributed by atoms with Gasteiger partial charge in [0.25, 0.3) is 5.91 Å². The molecule has 0 aliphatic heterocycles. The molecular weight excluding hydrogens is 268 g/mol. The lowest BCUT2D eigenvalue weighted by molar-refractivity contribution is 0.0942. The van der Waals surface area contributed by atoms with Gasteiger partial charge in [-0.05, 0) is 25.8 Å². The average molecular weight is 288 g/mol. The number of aromatic nitrogens is 1. The van der Waals surface area contributed by atoms with E-state index in [-0.39, 0.29) is 11.9 Å². The van der Waals surface area contributed by atoms with Gasteiger partial charge >= 0.3 is 0 Å². The van der Waals surface area contributed by atoms with Gasteiger partial charge in [0.1, 0.15) is 4.88 Å². The number of amides is 1. The van der Waals surface area contributed by atoms with Crippen LogP contribution in [0.1, 0.15) is 46.2 Å². The van der Waals surface area contributed by atoms with Crippen LogP contribution in [0.15, 0.2) is 30.3 Å². The van der Waals surface area contributed by atoms with Crippen molar-refractivity contribution in [3.8, 4) is 0 Å². The number of rotatable bonds is 5. The number of hydrogen-bond donors (Lipinski definition) is 1. The molecule has 1 N–H and O–H groups in total. The maximum Gasteiger partial charge on any atom is 0.263 e. The third-order valence-electron chi connectivity index (χ3n) is 3.24. The molecule has 106 valence electrons. The summed E-state index contributed by atoms with van der Waals surface area (Å²) in [6.07, 6.45) is 1.71. The molecule has 0 aliphatic rings. The third kappa shape index (κ3) is 3.67. The highest BCUT2D eigenvalue weighted by Gasteiger charge is 2.16. The minimum atomic E-state index is -0.00587. The van der Waals surface area contributed by atoms with Crippen molar-refractivity contribution in [1.29, 1.82) is 0 Å². The molecule has 2 aromatic rings. The number of carbonyl (C=O) groups is 1. The van der Waals surface area contributed by atoms with Crippen molar-refractivity contribution in [2.75, 3.05) is 0 Å². The smallest absolute Gasteiger partial charge is 0.263 e. The summed E-state index contributed by atoms with van der Waals surface area (Å²) >= 11 is 1.49. The standard InChI is InChI=1S/C16H20N2OS/c1-4-11(2)17-16(19)15-12(3)18-14(20-15)10-13-8-6-5-7-9-13/h5-9,11H,4,10H2,1-3H3,(H,17,19). The van der Waals surface area contributed by atoms with Crippen LogP contribution >= 0.6 is 11.3 Å². The SMILES string of the molecule is CCC(C)NC(=O)c1sc(Cc2ccccc2)nc1C. The molecule has 3 nitrogen and oxygen atoms in total. The Labute approximate surface area is 124 Å². The van der Waals surface area contributed by atoms with Crippen molar-refractivity contribution in [2.24, 2.45) is 0 Å². The normalized spacial score (nSPS) is 12.2. The number of aryl methyl sites for hydroxylation is 1. The fourth-order valence-electron chi connectivity index (χ4n) is 1.90. The highest BCUT2D eigenvalue weighted by molar-refractivity contribution is 7.13. The first-order valence-electron chi connectivity index (χ1n) is 6.91. The van der Waals surface area contributed by atoms with E-state index < -0.39 is 0 Å². The van der Waals surface area contributed by atoms with Gasteiger partial charge in [0, 0.05) is 12.5 Å². The Morgan fingerprint density at radius 2 is 2.05 bits per heavy atom. The van der Waals surface area contributed by atoms with E-state index in [1.807, 2.05) is 32.0 Å². The quantitative estimate of drug-likeness (QED) is 0.914. The first-order valence-corrected chi connectivity index (χ1v) is 7.73. The highest BCUT2D eigenvalue weighted by Crippen LogP contribution is 2.21. The zero-order valence-electron chi connectivity index (χ0n) is 12.1. The second kappa shape index (κ2) is 6.66. The summed E-state index contributed by atoms with van der Waals surface area (Å²) in [6.45, 7) is 5.97. The molecule has 1 aromatic heterocycles. The molecular formula is C16H20N2OS. The number of benzene rings is 1. The van der Waals surface area contributed by atoms with Crippen LogP contribution in [0.4, 0.5) is 0 Å². The van der Waals surface area contributed by atoms with Crippen LogP contribution < -0.4 is 5.32 Å². The van der Waals surface area contributed by atoms with Crippen LogP contribution in [-0.4, -0.2) is 16.9 Å². The van der Waals surface area contributed by atoms with Crippen molar-refractivity contribution in [3.05, 3.63) is 51.5 Å². The van der Waals surface area contributed by atoms with E-state index in [1.54, 1.807) is 0 Å². The molecule has 0 aliphatic carbocycles. The van der Waals surface area contributed by atoms with Crippen molar-refractivity contribution in [2.45, 2.75) is 39.7 Å². The Hall–Kier alpha value is -1.68. The lowest BCUT2D eigenvalue weighted by Gasteiger charge is -2.09. The van der Waals surface area contributed by atoms with E-state index in [0.29, 0.717) is 0 Å². The second-order valence-electron chi connectivity index (χ2n) is 4.97. The minimum Gasteiger partial charge on any atom is -0.349 e. The monoisotopic (exact) mass is 288 g/mol. The summed E-state index contributed by atoms with van der Waals surface area (Å²) in [4.78, 5) is 17.4. The van der Waals surface area contributed by atoms with E-state index in [1.165, 1.54) is 16.9 Å². The van der Waals surface area contributed by atoms with Gasteiger partial charge in [0.15, 0.2) is 0 Å². The van der Waals surface area contributed by atoms with Crippen molar-refractivity contribution in [1.82, 2.24) is 10.3 Å². The van der Waals surface area contributed by atoms with Crippen LogP contribution in [0.3, 0.4) is 0 Å². The summed E-state index contributed by atoms with van der Waals surface area (Å²) in [5.74, 6) is -0.00587. The maximum atomic E-state index is 12.2. The molecule has 4 heteroatoms. The van der Waals surface area contributed by atoms with Crippen LogP contribution in [0.5, 0.6) is 0 Å². The topological polar surface area (TPSA) is 42.0 Å². The zero-order valence-corrected chi connectivity index (χ0v) is 13.0. The number of nitrogens with one attached hydrogen (secondary N) is 1. The summed E-state index contributed by atoms with van der Waals surface area (Å²) in [7, 11) is 0. The van der Waals surface area contributed by atoms with Gasteiger partial charge in [-0.3, -0.25) is 4.79 Å². The Bertz CT molecular complexity index is 577.